The molecule has 0 aliphatic rings. The summed E-state index contributed by atoms with van der Waals surface area (Å²) in [5, 5.41) is 2.44. The molecule has 0 aliphatic carbocycles. The van der Waals surface area contributed by atoms with E-state index in [1.807, 2.05) is 24.3 Å². The van der Waals surface area contributed by atoms with Gasteiger partial charge < -0.3 is 4.74 Å². The fourth-order valence-electron chi connectivity index (χ4n) is 1.41. The second-order valence-electron chi connectivity index (χ2n) is 3.11. The molecular formula is C13H12O. The fourth-order valence-corrected chi connectivity index (χ4v) is 1.41. The van der Waals surface area contributed by atoms with Gasteiger partial charge in [0.25, 0.3) is 0 Å². The lowest BCUT2D eigenvalue weighted by Crippen LogP contribution is -1.91. The Bertz CT molecular complexity index is 446. The maximum atomic E-state index is 5.45. The third-order valence-corrected chi connectivity index (χ3v) is 2.09. The highest BCUT2D eigenvalue weighted by atomic mass is 16.5. The number of hydrogen-bond acceptors (Lipinski definition) is 1. The van der Waals surface area contributed by atoms with Gasteiger partial charge in [-0.05, 0) is 22.9 Å². The van der Waals surface area contributed by atoms with Crippen molar-refractivity contribution in [2.75, 3.05) is 6.61 Å². The van der Waals surface area contributed by atoms with Gasteiger partial charge in [0.15, 0.2) is 0 Å². The smallest absolute Gasteiger partial charge is 0.120 e. The molecule has 0 unspecified atom stereocenters. The van der Waals surface area contributed by atoms with Gasteiger partial charge in [-0.3, -0.25) is 0 Å². The highest BCUT2D eigenvalue weighted by Crippen LogP contribution is 2.20. The Morgan fingerprint density at radius 2 is 1.86 bits per heavy atom. The van der Waals surface area contributed by atoms with Crippen molar-refractivity contribution < 1.29 is 4.74 Å². The van der Waals surface area contributed by atoms with Crippen LogP contribution >= 0.6 is 0 Å². The number of fused-ring (bicyclic) bond motifs is 1. The molecule has 0 saturated carbocycles. The summed E-state index contributed by atoms with van der Waals surface area (Å²) in [7, 11) is 0. The third kappa shape index (κ3) is 1.77. The van der Waals surface area contributed by atoms with Gasteiger partial charge in [0, 0.05) is 0 Å². The molecule has 14 heavy (non-hydrogen) atoms. The Morgan fingerprint density at radius 3 is 2.64 bits per heavy atom. The van der Waals surface area contributed by atoms with Gasteiger partial charge in [0.2, 0.25) is 0 Å². The molecule has 70 valence electrons. The first-order chi connectivity index (χ1) is 6.90. The zero-order valence-corrected chi connectivity index (χ0v) is 7.94. The van der Waals surface area contributed by atoms with Gasteiger partial charge in [-0.15, -0.1) is 0 Å². The first-order valence-electron chi connectivity index (χ1n) is 4.62. The topological polar surface area (TPSA) is 9.23 Å². The average Bonchev–Trinajstić information content (AvgIpc) is 2.26. The molecular weight excluding hydrogens is 172 g/mol. The molecule has 0 amide bonds. The van der Waals surface area contributed by atoms with Crippen molar-refractivity contribution in [3.05, 3.63) is 55.1 Å². The predicted octanol–water partition coefficient (Wildman–Crippen LogP) is 3.40. The zero-order valence-electron chi connectivity index (χ0n) is 7.94. The predicted molar refractivity (Wildman–Crippen MR) is 59.6 cm³/mol. The van der Waals surface area contributed by atoms with Gasteiger partial charge in [-0.1, -0.05) is 43.0 Å². The molecule has 2 aromatic carbocycles. The van der Waals surface area contributed by atoms with E-state index in [1.165, 1.54) is 10.8 Å². The molecule has 0 heterocycles. The van der Waals surface area contributed by atoms with E-state index in [4.69, 9.17) is 4.74 Å². The van der Waals surface area contributed by atoms with E-state index in [-0.39, 0.29) is 0 Å². The van der Waals surface area contributed by atoms with Crippen LogP contribution in [0.3, 0.4) is 0 Å². The summed E-state index contributed by atoms with van der Waals surface area (Å²) in [5.41, 5.74) is 0. The number of ether oxygens (including phenoxy) is 1. The Labute approximate surface area is 83.6 Å². The summed E-state index contributed by atoms with van der Waals surface area (Å²) in [6, 6.07) is 14.3. The first kappa shape index (κ1) is 8.82. The Morgan fingerprint density at radius 1 is 1.07 bits per heavy atom. The maximum Gasteiger partial charge on any atom is 0.120 e. The molecule has 0 radical (unpaired) electrons. The first-order valence-corrected chi connectivity index (χ1v) is 4.62. The van der Waals surface area contributed by atoms with E-state index >= 15 is 0 Å². The standard InChI is InChI=1S/C13H12O/c1-2-9-14-13-8-7-11-5-3-4-6-12(11)10-13/h2-8,10H,1,9H2. The van der Waals surface area contributed by atoms with Crippen LogP contribution in [0.1, 0.15) is 0 Å². The molecule has 1 nitrogen and oxygen atoms in total. The molecule has 0 aromatic heterocycles. The molecule has 0 fully saturated rings. The van der Waals surface area contributed by atoms with Crippen molar-refractivity contribution in [2.45, 2.75) is 0 Å². The molecule has 0 aliphatic heterocycles. The normalized spacial score (nSPS) is 10.0. The van der Waals surface area contributed by atoms with Crippen molar-refractivity contribution in [3.8, 4) is 5.75 Å². The lowest BCUT2D eigenvalue weighted by molar-refractivity contribution is 0.364. The van der Waals surface area contributed by atoms with E-state index < -0.39 is 0 Å². The molecule has 1 heteroatoms. The van der Waals surface area contributed by atoms with Crippen molar-refractivity contribution >= 4 is 10.8 Å². The van der Waals surface area contributed by atoms with E-state index in [0.29, 0.717) is 6.61 Å². The van der Waals surface area contributed by atoms with Gasteiger partial charge in [0.05, 0.1) is 0 Å². The molecule has 2 aromatic rings. The zero-order chi connectivity index (χ0) is 9.80. The van der Waals surface area contributed by atoms with E-state index in [2.05, 4.69) is 24.8 Å². The third-order valence-electron chi connectivity index (χ3n) is 2.09. The Hall–Kier alpha value is -1.76. The highest BCUT2D eigenvalue weighted by molar-refractivity contribution is 5.83. The monoisotopic (exact) mass is 184 g/mol. The lowest BCUT2D eigenvalue weighted by Gasteiger charge is -2.04. The highest BCUT2D eigenvalue weighted by Gasteiger charge is 1.94. The van der Waals surface area contributed by atoms with Gasteiger partial charge in [-0.25, -0.2) is 0 Å². The summed E-state index contributed by atoms with van der Waals surface area (Å²) in [4.78, 5) is 0. The second-order valence-corrected chi connectivity index (χ2v) is 3.11. The minimum atomic E-state index is 0.554. The van der Waals surface area contributed by atoms with Crippen LogP contribution in [0.2, 0.25) is 0 Å². The van der Waals surface area contributed by atoms with Gasteiger partial charge in [0.1, 0.15) is 12.4 Å². The van der Waals surface area contributed by atoms with Crippen molar-refractivity contribution in [2.24, 2.45) is 0 Å². The molecule has 0 saturated heterocycles. The molecule has 0 N–H and O–H groups in total. The number of benzene rings is 2. The fraction of sp³-hybridized carbons (Fsp3) is 0.0769. The van der Waals surface area contributed by atoms with Crippen LogP contribution in [0.25, 0.3) is 10.8 Å². The summed E-state index contributed by atoms with van der Waals surface area (Å²) in [5.74, 6) is 0.892. The molecule has 0 atom stereocenters. The van der Waals surface area contributed by atoms with Crippen LogP contribution < -0.4 is 4.74 Å². The number of rotatable bonds is 3. The molecule has 2 rings (SSSR count). The average molecular weight is 184 g/mol. The van der Waals surface area contributed by atoms with Crippen LogP contribution in [-0.2, 0) is 0 Å². The lowest BCUT2D eigenvalue weighted by atomic mass is 10.1. The maximum absolute atomic E-state index is 5.45. The quantitative estimate of drug-likeness (QED) is 0.664. The van der Waals surface area contributed by atoms with E-state index in [0.717, 1.165) is 5.75 Å². The van der Waals surface area contributed by atoms with Crippen LogP contribution in [0.15, 0.2) is 55.1 Å². The summed E-state index contributed by atoms with van der Waals surface area (Å²) < 4.78 is 5.45. The van der Waals surface area contributed by atoms with Crippen molar-refractivity contribution in [3.63, 3.8) is 0 Å². The summed E-state index contributed by atoms with van der Waals surface area (Å²) in [6.07, 6.45) is 1.75. The summed E-state index contributed by atoms with van der Waals surface area (Å²) in [6.45, 7) is 4.17. The Balaban J connectivity index is 2.36. The SMILES string of the molecule is C=CCOc1ccc2ccccc2c1. The second kappa shape index (κ2) is 3.97. The van der Waals surface area contributed by atoms with Crippen LogP contribution in [-0.4, -0.2) is 6.61 Å². The van der Waals surface area contributed by atoms with Gasteiger partial charge in [-0.2, -0.15) is 0 Å². The van der Waals surface area contributed by atoms with Crippen molar-refractivity contribution in [1.29, 1.82) is 0 Å². The van der Waals surface area contributed by atoms with Gasteiger partial charge >= 0.3 is 0 Å². The number of hydrogen-bond donors (Lipinski definition) is 0. The van der Waals surface area contributed by atoms with Crippen LogP contribution in [0, 0.1) is 0 Å². The molecule has 0 spiro atoms. The summed E-state index contributed by atoms with van der Waals surface area (Å²) >= 11 is 0. The van der Waals surface area contributed by atoms with Crippen molar-refractivity contribution in [1.82, 2.24) is 0 Å². The van der Waals surface area contributed by atoms with E-state index in [9.17, 15) is 0 Å². The minimum Gasteiger partial charge on any atom is -0.490 e. The molecule has 0 bridgehead atoms. The largest absolute Gasteiger partial charge is 0.490 e. The van der Waals surface area contributed by atoms with Crippen LogP contribution in [0.5, 0.6) is 5.75 Å². The minimum absolute atomic E-state index is 0.554. The van der Waals surface area contributed by atoms with Crippen LogP contribution in [0.4, 0.5) is 0 Å². The van der Waals surface area contributed by atoms with E-state index in [1.54, 1.807) is 6.08 Å². The Kier molecular flexibility index (Phi) is 2.50.